The number of anilines is 2. The van der Waals surface area contributed by atoms with Crippen molar-refractivity contribution < 1.29 is 18.7 Å². The zero-order chi connectivity index (χ0) is 22.4. The van der Waals surface area contributed by atoms with Crippen molar-refractivity contribution in [3.05, 3.63) is 83.1 Å². The third-order valence-corrected chi connectivity index (χ3v) is 5.73. The molecule has 0 bridgehead atoms. The standard InChI is InChI=1S/C23H20ClFN2O3S/c1-14(31-17-11-12-19(25)18(24)13-17)22(28)26-16-9-7-15(8-10-16)23(29)27-20-5-3-4-6-21(20)30-2/h3-14H,1-2H3,(H,26,28)(H,27,29). The van der Waals surface area contributed by atoms with Crippen LogP contribution in [0.25, 0.3) is 0 Å². The van der Waals surface area contributed by atoms with Crippen LogP contribution in [-0.4, -0.2) is 24.2 Å². The van der Waals surface area contributed by atoms with Gasteiger partial charge in [-0.2, -0.15) is 0 Å². The van der Waals surface area contributed by atoms with Crippen LogP contribution >= 0.6 is 23.4 Å². The van der Waals surface area contributed by atoms with Gasteiger partial charge in [-0.05, 0) is 61.5 Å². The summed E-state index contributed by atoms with van der Waals surface area (Å²) < 4.78 is 18.5. The van der Waals surface area contributed by atoms with E-state index < -0.39 is 11.1 Å². The van der Waals surface area contributed by atoms with Gasteiger partial charge in [0.15, 0.2) is 0 Å². The van der Waals surface area contributed by atoms with Crippen LogP contribution in [0.3, 0.4) is 0 Å². The summed E-state index contributed by atoms with van der Waals surface area (Å²) in [5.74, 6) is -0.456. The van der Waals surface area contributed by atoms with Gasteiger partial charge in [0.25, 0.3) is 5.91 Å². The van der Waals surface area contributed by atoms with Gasteiger partial charge < -0.3 is 15.4 Å². The third kappa shape index (κ3) is 5.99. The lowest BCUT2D eigenvalue weighted by Gasteiger charge is -2.13. The molecule has 2 amide bonds. The highest BCUT2D eigenvalue weighted by atomic mass is 35.5. The Kier molecular flexibility index (Phi) is 7.55. The molecule has 0 aliphatic heterocycles. The van der Waals surface area contributed by atoms with Crippen molar-refractivity contribution in [3.8, 4) is 5.75 Å². The maximum absolute atomic E-state index is 13.3. The monoisotopic (exact) mass is 458 g/mol. The number of carbonyl (C=O) groups excluding carboxylic acids is 2. The lowest BCUT2D eigenvalue weighted by atomic mass is 10.2. The first kappa shape index (κ1) is 22.7. The smallest absolute Gasteiger partial charge is 0.255 e. The predicted octanol–water partition coefficient (Wildman–Crippen LogP) is 5.86. The van der Waals surface area contributed by atoms with E-state index in [2.05, 4.69) is 10.6 Å². The predicted molar refractivity (Wildman–Crippen MR) is 123 cm³/mol. The molecular formula is C23H20ClFN2O3S. The molecule has 0 aliphatic rings. The molecule has 1 unspecified atom stereocenters. The van der Waals surface area contributed by atoms with Gasteiger partial charge in [-0.15, -0.1) is 11.8 Å². The van der Waals surface area contributed by atoms with E-state index in [1.165, 1.54) is 31.0 Å². The van der Waals surface area contributed by atoms with Gasteiger partial charge >= 0.3 is 0 Å². The Bertz CT molecular complexity index is 1090. The Labute approximate surface area is 188 Å². The second-order valence-electron chi connectivity index (χ2n) is 6.56. The second-order valence-corrected chi connectivity index (χ2v) is 8.38. The molecule has 0 fully saturated rings. The summed E-state index contributed by atoms with van der Waals surface area (Å²) in [5.41, 5.74) is 1.56. The highest BCUT2D eigenvalue weighted by Crippen LogP contribution is 2.28. The summed E-state index contributed by atoms with van der Waals surface area (Å²) in [6.07, 6.45) is 0. The maximum atomic E-state index is 13.3. The van der Waals surface area contributed by atoms with Gasteiger partial charge in [-0.1, -0.05) is 23.7 Å². The van der Waals surface area contributed by atoms with Crippen molar-refractivity contribution >= 4 is 46.6 Å². The normalized spacial score (nSPS) is 11.5. The molecule has 5 nitrogen and oxygen atoms in total. The lowest BCUT2D eigenvalue weighted by Crippen LogP contribution is -2.22. The van der Waals surface area contributed by atoms with Crippen molar-refractivity contribution in [2.75, 3.05) is 17.7 Å². The van der Waals surface area contributed by atoms with Crippen molar-refractivity contribution in [2.45, 2.75) is 17.1 Å². The maximum Gasteiger partial charge on any atom is 0.255 e. The number of hydrogen-bond donors (Lipinski definition) is 2. The zero-order valence-electron chi connectivity index (χ0n) is 16.8. The fourth-order valence-corrected chi connectivity index (χ4v) is 3.85. The van der Waals surface area contributed by atoms with E-state index >= 15 is 0 Å². The average molecular weight is 459 g/mol. The number of para-hydroxylation sites is 2. The van der Waals surface area contributed by atoms with Gasteiger partial charge in [0, 0.05) is 16.1 Å². The van der Waals surface area contributed by atoms with Crippen LogP contribution in [-0.2, 0) is 4.79 Å². The van der Waals surface area contributed by atoms with E-state index in [0.717, 1.165) is 0 Å². The molecule has 0 saturated carbocycles. The SMILES string of the molecule is COc1ccccc1NC(=O)c1ccc(NC(=O)C(C)Sc2ccc(F)c(Cl)c2)cc1. The summed E-state index contributed by atoms with van der Waals surface area (Å²) in [6.45, 7) is 1.74. The number of amides is 2. The van der Waals surface area contributed by atoms with Gasteiger partial charge in [-0.25, -0.2) is 4.39 Å². The highest BCUT2D eigenvalue weighted by Gasteiger charge is 2.16. The van der Waals surface area contributed by atoms with E-state index in [0.29, 0.717) is 27.6 Å². The van der Waals surface area contributed by atoms with Gasteiger partial charge in [-0.3, -0.25) is 9.59 Å². The Morgan fingerprint density at radius 2 is 1.74 bits per heavy atom. The number of nitrogens with one attached hydrogen (secondary N) is 2. The van der Waals surface area contributed by atoms with Gasteiger partial charge in [0.2, 0.25) is 5.91 Å². The molecule has 3 rings (SSSR count). The zero-order valence-corrected chi connectivity index (χ0v) is 18.4. The molecule has 0 radical (unpaired) electrons. The van der Waals surface area contributed by atoms with Crippen molar-refractivity contribution in [3.63, 3.8) is 0 Å². The van der Waals surface area contributed by atoms with E-state index in [1.807, 2.05) is 6.07 Å². The molecule has 0 spiro atoms. The van der Waals surface area contributed by atoms with Crippen LogP contribution in [0, 0.1) is 5.82 Å². The van der Waals surface area contributed by atoms with Crippen LogP contribution in [0.1, 0.15) is 17.3 Å². The largest absolute Gasteiger partial charge is 0.495 e. The van der Waals surface area contributed by atoms with Crippen molar-refractivity contribution in [1.29, 1.82) is 0 Å². The number of methoxy groups -OCH3 is 1. The summed E-state index contributed by atoms with van der Waals surface area (Å²) in [6, 6.07) is 18.0. The number of rotatable bonds is 7. The van der Waals surface area contributed by atoms with Crippen LogP contribution in [0.15, 0.2) is 71.6 Å². The number of thioether (sulfide) groups is 1. The van der Waals surface area contributed by atoms with E-state index in [4.69, 9.17) is 16.3 Å². The number of benzene rings is 3. The molecule has 0 aliphatic carbocycles. The number of halogens is 2. The lowest BCUT2D eigenvalue weighted by molar-refractivity contribution is -0.115. The topological polar surface area (TPSA) is 67.4 Å². The Morgan fingerprint density at radius 1 is 1.03 bits per heavy atom. The molecule has 8 heteroatoms. The van der Waals surface area contributed by atoms with Crippen LogP contribution < -0.4 is 15.4 Å². The molecule has 0 saturated heterocycles. The van der Waals surface area contributed by atoms with Crippen LogP contribution in [0.2, 0.25) is 5.02 Å². The Hall–Kier alpha value is -3.03. The summed E-state index contributed by atoms with van der Waals surface area (Å²) in [7, 11) is 1.53. The summed E-state index contributed by atoms with van der Waals surface area (Å²) in [4.78, 5) is 25.6. The summed E-state index contributed by atoms with van der Waals surface area (Å²) >= 11 is 7.05. The third-order valence-electron chi connectivity index (χ3n) is 4.34. The Morgan fingerprint density at radius 3 is 2.42 bits per heavy atom. The minimum absolute atomic E-state index is 0.0135. The first-order chi connectivity index (χ1) is 14.9. The molecule has 160 valence electrons. The fourth-order valence-electron chi connectivity index (χ4n) is 2.70. The van der Waals surface area contributed by atoms with Gasteiger partial charge in [0.05, 0.1) is 23.1 Å². The summed E-state index contributed by atoms with van der Waals surface area (Å²) in [5, 5.41) is 5.18. The Balaban J connectivity index is 1.59. The molecule has 2 N–H and O–H groups in total. The molecule has 3 aromatic rings. The van der Waals surface area contributed by atoms with E-state index in [1.54, 1.807) is 55.5 Å². The second kappa shape index (κ2) is 10.3. The van der Waals surface area contributed by atoms with E-state index in [-0.39, 0.29) is 16.8 Å². The van der Waals surface area contributed by atoms with Gasteiger partial charge in [0.1, 0.15) is 11.6 Å². The highest BCUT2D eigenvalue weighted by molar-refractivity contribution is 8.00. The number of carbonyl (C=O) groups is 2. The first-order valence-electron chi connectivity index (χ1n) is 9.34. The van der Waals surface area contributed by atoms with Crippen LogP contribution in [0.5, 0.6) is 5.75 Å². The minimum Gasteiger partial charge on any atom is -0.495 e. The van der Waals surface area contributed by atoms with Crippen molar-refractivity contribution in [2.24, 2.45) is 0 Å². The molecule has 3 aromatic carbocycles. The fraction of sp³-hybridized carbons (Fsp3) is 0.130. The number of ether oxygens (including phenoxy) is 1. The molecule has 1 atom stereocenters. The minimum atomic E-state index is -0.502. The quantitative estimate of drug-likeness (QED) is 0.435. The van der Waals surface area contributed by atoms with Crippen LogP contribution in [0.4, 0.5) is 15.8 Å². The first-order valence-corrected chi connectivity index (χ1v) is 10.6. The molecule has 0 heterocycles. The van der Waals surface area contributed by atoms with Crippen molar-refractivity contribution in [1.82, 2.24) is 0 Å². The molecular weight excluding hydrogens is 439 g/mol. The number of hydrogen-bond acceptors (Lipinski definition) is 4. The molecule has 0 aromatic heterocycles. The molecule has 31 heavy (non-hydrogen) atoms. The average Bonchev–Trinajstić information content (AvgIpc) is 2.77. The van der Waals surface area contributed by atoms with E-state index in [9.17, 15) is 14.0 Å².